The summed E-state index contributed by atoms with van der Waals surface area (Å²) in [6, 6.07) is 5.93. The highest BCUT2D eigenvalue weighted by Gasteiger charge is 2.23. The molecule has 7 nitrogen and oxygen atoms in total. The van der Waals surface area contributed by atoms with Crippen LogP contribution in [-0.2, 0) is 7.05 Å². The third-order valence-corrected chi connectivity index (χ3v) is 5.34. The molecule has 0 aliphatic carbocycles. The molecule has 160 valence electrons. The molecule has 4 rings (SSSR count). The SMILES string of the molecule is CCCN1/C(=C(/C)c2cc(OC)cc(OC)c2)C=Cc2ncc(-c3cnn(C)c3)nc21. The third kappa shape index (κ3) is 4.03. The van der Waals surface area contributed by atoms with Crippen LogP contribution in [0.3, 0.4) is 0 Å². The highest BCUT2D eigenvalue weighted by atomic mass is 16.5. The Morgan fingerprint density at radius 3 is 2.39 bits per heavy atom. The standard InChI is InChI=1S/C24H27N5O2/c1-6-9-29-23(16(2)17-10-19(30-4)12-20(11-17)31-5)8-7-21-24(29)27-22(14-25-21)18-13-26-28(3)15-18/h7-8,10-15H,6,9H2,1-5H3/b23-16-. The van der Waals surface area contributed by atoms with Crippen molar-refractivity contribution in [1.29, 1.82) is 0 Å². The topological polar surface area (TPSA) is 65.3 Å². The van der Waals surface area contributed by atoms with Gasteiger partial charge in [0.1, 0.15) is 17.2 Å². The molecule has 2 aromatic heterocycles. The Morgan fingerprint density at radius 1 is 1.03 bits per heavy atom. The maximum Gasteiger partial charge on any atom is 0.159 e. The number of benzene rings is 1. The molecule has 1 aromatic carbocycles. The summed E-state index contributed by atoms with van der Waals surface area (Å²) in [5, 5.41) is 4.26. The van der Waals surface area contributed by atoms with Crippen LogP contribution in [0.25, 0.3) is 22.9 Å². The molecule has 0 spiro atoms. The molecule has 0 radical (unpaired) electrons. The number of rotatable bonds is 6. The van der Waals surface area contributed by atoms with Crippen LogP contribution >= 0.6 is 0 Å². The van der Waals surface area contributed by atoms with Crippen molar-refractivity contribution in [2.24, 2.45) is 7.05 Å². The minimum Gasteiger partial charge on any atom is -0.497 e. The Balaban J connectivity index is 1.82. The first kappa shape index (κ1) is 20.7. The number of hydrogen-bond donors (Lipinski definition) is 0. The van der Waals surface area contributed by atoms with Crippen molar-refractivity contribution in [3.05, 3.63) is 59.8 Å². The van der Waals surface area contributed by atoms with Crippen LogP contribution in [0.4, 0.5) is 5.82 Å². The van der Waals surface area contributed by atoms with E-state index >= 15 is 0 Å². The van der Waals surface area contributed by atoms with Crippen molar-refractivity contribution in [2.45, 2.75) is 20.3 Å². The molecule has 0 N–H and O–H groups in total. The summed E-state index contributed by atoms with van der Waals surface area (Å²) in [7, 11) is 5.22. The number of methoxy groups -OCH3 is 2. The van der Waals surface area contributed by atoms with Crippen molar-refractivity contribution in [1.82, 2.24) is 19.7 Å². The Kier molecular flexibility index (Phi) is 5.75. The van der Waals surface area contributed by atoms with E-state index in [1.54, 1.807) is 25.1 Å². The second-order valence-corrected chi connectivity index (χ2v) is 7.46. The van der Waals surface area contributed by atoms with Crippen molar-refractivity contribution >= 4 is 17.5 Å². The molecule has 1 aliphatic heterocycles. The van der Waals surface area contributed by atoms with Gasteiger partial charge in [-0.3, -0.25) is 9.67 Å². The van der Waals surface area contributed by atoms with Crippen LogP contribution < -0.4 is 14.4 Å². The summed E-state index contributed by atoms with van der Waals surface area (Å²) in [4.78, 5) is 11.9. The van der Waals surface area contributed by atoms with Gasteiger partial charge in [-0.25, -0.2) is 4.98 Å². The highest BCUT2D eigenvalue weighted by Crippen LogP contribution is 2.35. The highest BCUT2D eigenvalue weighted by molar-refractivity contribution is 5.82. The van der Waals surface area contributed by atoms with E-state index in [1.807, 2.05) is 43.7 Å². The van der Waals surface area contributed by atoms with Crippen LogP contribution in [0.2, 0.25) is 0 Å². The maximum absolute atomic E-state index is 5.47. The zero-order chi connectivity index (χ0) is 22.0. The molecule has 31 heavy (non-hydrogen) atoms. The van der Waals surface area contributed by atoms with Crippen molar-refractivity contribution in [3.8, 4) is 22.8 Å². The summed E-state index contributed by atoms with van der Waals surface area (Å²) in [5.41, 5.74) is 5.85. The Bertz CT molecular complexity index is 1140. The minimum atomic E-state index is 0.759. The zero-order valence-electron chi connectivity index (χ0n) is 18.6. The van der Waals surface area contributed by atoms with E-state index in [0.717, 1.165) is 64.1 Å². The molecule has 3 heterocycles. The van der Waals surface area contributed by atoms with Gasteiger partial charge in [-0.1, -0.05) is 6.92 Å². The van der Waals surface area contributed by atoms with Crippen LogP contribution in [0.5, 0.6) is 11.5 Å². The van der Waals surface area contributed by atoms with Gasteiger partial charge in [-0.15, -0.1) is 0 Å². The number of ether oxygens (including phenoxy) is 2. The number of anilines is 1. The zero-order valence-corrected chi connectivity index (χ0v) is 18.6. The van der Waals surface area contributed by atoms with Crippen molar-refractivity contribution in [3.63, 3.8) is 0 Å². The maximum atomic E-state index is 5.47. The summed E-state index contributed by atoms with van der Waals surface area (Å²) in [5.74, 6) is 2.38. The van der Waals surface area contributed by atoms with Crippen molar-refractivity contribution < 1.29 is 9.47 Å². The van der Waals surface area contributed by atoms with E-state index in [0.29, 0.717) is 0 Å². The second-order valence-electron chi connectivity index (χ2n) is 7.46. The van der Waals surface area contributed by atoms with Gasteiger partial charge in [-0.05, 0) is 48.8 Å². The summed E-state index contributed by atoms with van der Waals surface area (Å²) < 4.78 is 12.7. The first-order valence-corrected chi connectivity index (χ1v) is 10.3. The van der Waals surface area contributed by atoms with E-state index in [1.165, 1.54) is 0 Å². The van der Waals surface area contributed by atoms with Crippen LogP contribution in [-0.4, -0.2) is 40.5 Å². The number of allylic oxidation sites excluding steroid dienone is 2. The lowest BCUT2D eigenvalue weighted by molar-refractivity contribution is 0.394. The first-order chi connectivity index (χ1) is 15.0. The molecule has 7 heteroatoms. The fourth-order valence-corrected chi connectivity index (χ4v) is 3.71. The summed E-state index contributed by atoms with van der Waals surface area (Å²) >= 11 is 0. The normalized spacial score (nSPS) is 14.4. The van der Waals surface area contributed by atoms with Crippen LogP contribution in [0.15, 0.2) is 48.6 Å². The molecule has 3 aromatic rings. The Morgan fingerprint density at radius 2 is 1.77 bits per heavy atom. The monoisotopic (exact) mass is 417 g/mol. The molecule has 0 atom stereocenters. The number of hydrogen-bond acceptors (Lipinski definition) is 6. The molecule has 0 amide bonds. The van der Waals surface area contributed by atoms with Gasteiger partial charge in [0.15, 0.2) is 5.82 Å². The lowest BCUT2D eigenvalue weighted by Crippen LogP contribution is -2.27. The van der Waals surface area contributed by atoms with Gasteiger partial charge >= 0.3 is 0 Å². The van der Waals surface area contributed by atoms with Crippen LogP contribution in [0, 0.1) is 0 Å². The predicted molar refractivity (Wildman–Crippen MR) is 123 cm³/mol. The largest absolute Gasteiger partial charge is 0.497 e. The number of aryl methyl sites for hydroxylation is 1. The van der Waals surface area contributed by atoms with E-state index < -0.39 is 0 Å². The smallest absolute Gasteiger partial charge is 0.159 e. The lowest BCUT2D eigenvalue weighted by Gasteiger charge is -2.30. The summed E-state index contributed by atoms with van der Waals surface area (Å²) in [6.07, 6.45) is 10.7. The van der Waals surface area contributed by atoms with Gasteiger partial charge in [0.25, 0.3) is 0 Å². The van der Waals surface area contributed by atoms with Crippen LogP contribution in [0.1, 0.15) is 31.5 Å². The first-order valence-electron chi connectivity index (χ1n) is 10.3. The fourth-order valence-electron chi connectivity index (χ4n) is 3.71. The van der Waals surface area contributed by atoms with E-state index in [4.69, 9.17) is 14.5 Å². The molecular weight excluding hydrogens is 390 g/mol. The second kappa shape index (κ2) is 8.63. The molecule has 0 bridgehead atoms. The van der Waals surface area contributed by atoms with Gasteiger partial charge in [0.2, 0.25) is 0 Å². The Hall–Kier alpha value is -3.61. The molecule has 0 unspecified atom stereocenters. The quantitative estimate of drug-likeness (QED) is 0.585. The average molecular weight is 418 g/mol. The lowest BCUT2D eigenvalue weighted by atomic mass is 10.0. The average Bonchev–Trinajstić information content (AvgIpc) is 3.24. The molecule has 0 saturated heterocycles. The summed E-state index contributed by atoms with van der Waals surface area (Å²) in [6.45, 7) is 5.11. The molecular formula is C24H27N5O2. The van der Waals surface area contributed by atoms with E-state index in [-0.39, 0.29) is 0 Å². The van der Waals surface area contributed by atoms with E-state index in [9.17, 15) is 0 Å². The fraction of sp³-hybridized carbons (Fsp3) is 0.292. The van der Waals surface area contributed by atoms with Gasteiger partial charge in [0.05, 0.1) is 32.3 Å². The predicted octanol–water partition coefficient (Wildman–Crippen LogP) is 4.57. The number of aromatic nitrogens is 4. The minimum absolute atomic E-state index is 0.759. The van der Waals surface area contributed by atoms with Gasteiger partial charge in [-0.2, -0.15) is 5.10 Å². The Labute approximate surface area is 182 Å². The van der Waals surface area contributed by atoms with E-state index in [2.05, 4.69) is 34.9 Å². The van der Waals surface area contributed by atoms with Crippen molar-refractivity contribution in [2.75, 3.05) is 25.7 Å². The van der Waals surface area contributed by atoms with Gasteiger partial charge in [0, 0.05) is 37.1 Å². The number of nitrogens with zero attached hydrogens (tertiary/aromatic N) is 5. The number of fused-ring (bicyclic) bond motifs is 1. The molecule has 1 aliphatic rings. The molecule has 0 saturated carbocycles. The van der Waals surface area contributed by atoms with Gasteiger partial charge < -0.3 is 14.4 Å². The third-order valence-electron chi connectivity index (χ3n) is 5.34. The molecule has 0 fully saturated rings.